The molecule has 0 bridgehead atoms. The number of carbonyl (C=O) groups is 2. The Labute approximate surface area is 139 Å². The number of ether oxygens (including phenoxy) is 2. The van der Waals surface area contributed by atoms with Crippen molar-refractivity contribution in [2.45, 2.75) is 83.8 Å². The lowest BCUT2D eigenvalue weighted by Crippen LogP contribution is -2.33. The Balaban J connectivity index is 1.93. The smallest absolute Gasteiger partial charge is 0.310 e. The molecule has 130 valence electrons. The fourth-order valence-corrected chi connectivity index (χ4v) is 3.49. The second kappa shape index (κ2) is 9.09. The van der Waals surface area contributed by atoms with Gasteiger partial charge in [0.2, 0.25) is 0 Å². The van der Waals surface area contributed by atoms with E-state index in [0.29, 0.717) is 6.42 Å². The Kier molecular flexibility index (Phi) is 7.13. The zero-order valence-electron chi connectivity index (χ0n) is 14.5. The van der Waals surface area contributed by atoms with E-state index in [2.05, 4.69) is 0 Å². The van der Waals surface area contributed by atoms with Gasteiger partial charge >= 0.3 is 11.9 Å². The molecule has 4 nitrogen and oxygen atoms in total. The van der Waals surface area contributed by atoms with Gasteiger partial charge in [-0.1, -0.05) is 19.1 Å². The van der Waals surface area contributed by atoms with E-state index < -0.39 is 11.8 Å². The van der Waals surface area contributed by atoms with Crippen LogP contribution in [0.1, 0.15) is 71.6 Å². The van der Waals surface area contributed by atoms with Gasteiger partial charge in [0.05, 0.1) is 11.8 Å². The predicted molar refractivity (Wildman–Crippen MR) is 88.8 cm³/mol. The van der Waals surface area contributed by atoms with Crippen molar-refractivity contribution < 1.29 is 19.1 Å². The number of carbonyl (C=O) groups excluding carboxylic acids is 2. The molecule has 4 heteroatoms. The summed E-state index contributed by atoms with van der Waals surface area (Å²) < 4.78 is 11.2. The highest BCUT2D eigenvalue weighted by atomic mass is 16.6. The first-order valence-electron chi connectivity index (χ1n) is 9.14. The monoisotopic (exact) mass is 322 g/mol. The van der Waals surface area contributed by atoms with E-state index in [-0.39, 0.29) is 24.1 Å². The normalized spacial score (nSPS) is 22.3. The van der Waals surface area contributed by atoms with E-state index in [1.54, 1.807) is 6.92 Å². The minimum absolute atomic E-state index is 0.0358. The molecule has 0 aromatic rings. The van der Waals surface area contributed by atoms with Gasteiger partial charge in [-0.3, -0.25) is 9.59 Å². The number of rotatable bonds is 7. The zero-order chi connectivity index (χ0) is 16.7. The summed E-state index contributed by atoms with van der Waals surface area (Å²) >= 11 is 0. The first-order valence-corrected chi connectivity index (χ1v) is 9.14. The highest BCUT2D eigenvalue weighted by molar-refractivity contribution is 5.82. The van der Waals surface area contributed by atoms with Gasteiger partial charge in [-0.25, -0.2) is 0 Å². The molecule has 2 rings (SSSR count). The largest absolute Gasteiger partial charge is 0.462 e. The van der Waals surface area contributed by atoms with Crippen molar-refractivity contribution in [1.82, 2.24) is 0 Å². The quantitative estimate of drug-likeness (QED) is 0.521. The summed E-state index contributed by atoms with van der Waals surface area (Å²) in [4.78, 5) is 24.9. The van der Waals surface area contributed by atoms with E-state index in [1.165, 1.54) is 0 Å². The van der Waals surface area contributed by atoms with Crippen LogP contribution in [0.3, 0.4) is 0 Å². The molecule has 2 aliphatic carbocycles. The molecule has 0 aromatic heterocycles. The van der Waals surface area contributed by atoms with Crippen molar-refractivity contribution in [2.24, 2.45) is 11.8 Å². The molecule has 0 radical (unpaired) electrons. The fraction of sp³-hybridized carbons (Fsp3) is 0.789. The first kappa shape index (κ1) is 18.0. The van der Waals surface area contributed by atoms with Gasteiger partial charge in [0.25, 0.3) is 0 Å². The molecule has 0 saturated heterocycles. The average molecular weight is 322 g/mol. The number of hydrogen-bond acceptors (Lipinski definition) is 4. The maximum absolute atomic E-state index is 12.5. The molecular formula is C19H30O4. The van der Waals surface area contributed by atoms with Gasteiger partial charge < -0.3 is 9.47 Å². The van der Waals surface area contributed by atoms with Gasteiger partial charge in [0.1, 0.15) is 12.2 Å². The summed E-state index contributed by atoms with van der Waals surface area (Å²) in [6, 6.07) is 0. The van der Waals surface area contributed by atoms with Crippen molar-refractivity contribution in [3.8, 4) is 0 Å². The highest BCUT2D eigenvalue weighted by Gasteiger charge is 2.35. The van der Waals surface area contributed by atoms with Crippen molar-refractivity contribution in [1.29, 1.82) is 0 Å². The molecule has 0 spiro atoms. The van der Waals surface area contributed by atoms with Crippen molar-refractivity contribution in [3.63, 3.8) is 0 Å². The Morgan fingerprint density at radius 2 is 1.43 bits per heavy atom. The molecule has 0 amide bonds. The summed E-state index contributed by atoms with van der Waals surface area (Å²) in [5.41, 5.74) is 0. The van der Waals surface area contributed by atoms with E-state index in [4.69, 9.17) is 9.47 Å². The van der Waals surface area contributed by atoms with Gasteiger partial charge in [-0.05, 0) is 64.7 Å². The maximum atomic E-state index is 12.5. The van der Waals surface area contributed by atoms with Crippen LogP contribution in [0.5, 0.6) is 0 Å². The van der Waals surface area contributed by atoms with E-state index >= 15 is 0 Å². The Hall–Kier alpha value is -1.32. The third kappa shape index (κ3) is 5.36. The van der Waals surface area contributed by atoms with Crippen LogP contribution < -0.4 is 0 Å². The number of allylic oxidation sites excluding steroid dienone is 2. The SMILES string of the molecule is CC=CCC(C(=O)OC1CCCC1)C(C)C(=O)OC1CCCC1. The first-order chi connectivity index (χ1) is 11.1. The minimum atomic E-state index is -0.458. The fourth-order valence-electron chi connectivity index (χ4n) is 3.49. The van der Waals surface area contributed by atoms with Gasteiger partial charge in [0, 0.05) is 0 Å². The van der Waals surface area contributed by atoms with Crippen LogP contribution in [0, 0.1) is 11.8 Å². The maximum Gasteiger partial charge on any atom is 0.310 e. The lowest BCUT2D eigenvalue weighted by atomic mass is 9.90. The van der Waals surface area contributed by atoms with Crippen LogP contribution in [-0.2, 0) is 19.1 Å². The lowest BCUT2D eigenvalue weighted by Gasteiger charge is -2.23. The molecule has 0 aliphatic heterocycles. The highest BCUT2D eigenvalue weighted by Crippen LogP contribution is 2.28. The van der Waals surface area contributed by atoms with Crippen LogP contribution in [0.25, 0.3) is 0 Å². The summed E-state index contributed by atoms with van der Waals surface area (Å²) in [5, 5.41) is 0. The summed E-state index contributed by atoms with van der Waals surface area (Å²) in [7, 11) is 0. The van der Waals surface area contributed by atoms with E-state index in [0.717, 1.165) is 51.4 Å². The van der Waals surface area contributed by atoms with Crippen LogP contribution in [0.2, 0.25) is 0 Å². The van der Waals surface area contributed by atoms with Crippen LogP contribution in [0.15, 0.2) is 12.2 Å². The molecular weight excluding hydrogens is 292 g/mol. The number of hydrogen-bond donors (Lipinski definition) is 0. The Bertz CT molecular complexity index is 417. The van der Waals surface area contributed by atoms with Gasteiger partial charge in [0.15, 0.2) is 0 Å². The molecule has 2 saturated carbocycles. The Morgan fingerprint density at radius 1 is 0.957 bits per heavy atom. The van der Waals surface area contributed by atoms with E-state index in [9.17, 15) is 9.59 Å². The zero-order valence-corrected chi connectivity index (χ0v) is 14.5. The molecule has 0 heterocycles. The van der Waals surface area contributed by atoms with Crippen molar-refractivity contribution >= 4 is 11.9 Å². The standard InChI is InChI=1S/C19H30O4/c1-3-4-13-17(19(21)23-16-11-7-8-12-16)14(2)18(20)22-15-9-5-6-10-15/h3-4,14-17H,5-13H2,1-2H3. The summed E-state index contributed by atoms with van der Waals surface area (Å²) in [5.74, 6) is -1.40. The molecule has 0 aromatic carbocycles. The third-order valence-corrected chi connectivity index (χ3v) is 5.07. The lowest BCUT2D eigenvalue weighted by molar-refractivity contribution is -0.165. The molecule has 23 heavy (non-hydrogen) atoms. The summed E-state index contributed by atoms with van der Waals surface area (Å²) in [6.07, 6.45) is 12.7. The molecule has 2 fully saturated rings. The average Bonchev–Trinajstić information content (AvgIpc) is 3.21. The Morgan fingerprint density at radius 3 is 1.91 bits per heavy atom. The van der Waals surface area contributed by atoms with Crippen molar-refractivity contribution in [3.05, 3.63) is 12.2 Å². The molecule has 2 atom stereocenters. The van der Waals surface area contributed by atoms with E-state index in [1.807, 2.05) is 19.1 Å². The molecule has 0 N–H and O–H groups in total. The molecule has 2 unspecified atom stereocenters. The second-order valence-electron chi connectivity index (χ2n) is 6.89. The second-order valence-corrected chi connectivity index (χ2v) is 6.89. The van der Waals surface area contributed by atoms with Crippen LogP contribution in [-0.4, -0.2) is 24.1 Å². The minimum Gasteiger partial charge on any atom is -0.462 e. The van der Waals surface area contributed by atoms with Crippen LogP contribution in [0.4, 0.5) is 0 Å². The molecule has 2 aliphatic rings. The topological polar surface area (TPSA) is 52.6 Å². The third-order valence-electron chi connectivity index (χ3n) is 5.07. The van der Waals surface area contributed by atoms with Crippen molar-refractivity contribution in [2.75, 3.05) is 0 Å². The number of esters is 2. The summed E-state index contributed by atoms with van der Waals surface area (Å²) in [6.45, 7) is 3.71. The van der Waals surface area contributed by atoms with Gasteiger partial charge in [-0.15, -0.1) is 0 Å². The van der Waals surface area contributed by atoms with Crippen LogP contribution >= 0.6 is 0 Å². The predicted octanol–water partition coefficient (Wildman–Crippen LogP) is 4.18. The van der Waals surface area contributed by atoms with Gasteiger partial charge in [-0.2, -0.15) is 0 Å².